The highest BCUT2D eigenvalue weighted by Crippen LogP contribution is 2.08. The topological polar surface area (TPSA) is 77.3 Å². The molecule has 0 atom stereocenters. The molecule has 1 heterocycles. The van der Waals surface area contributed by atoms with Gasteiger partial charge in [0, 0.05) is 11.1 Å². The zero-order valence-electron chi connectivity index (χ0n) is 6.24. The molecular weight excluding hydrogens is 160 g/mol. The minimum Gasteiger partial charge on any atom is -0.385 e. The molecule has 1 rings (SSSR count). The van der Waals surface area contributed by atoms with E-state index in [-0.39, 0.29) is 0 Å². The van der Waals surface area contributed by atoms with E-state index < -0.39 is 0 Å². The predicted octanol–water partition coefficient (Wildman–Crippen LogP) is 0.225. The summed E-state index contributed by atoms with van der Waals surface area (Å²) in [5.74, 6) is 5.38. The molecule has 0 spiro atoms. The van der Waals surface area contributed by atoms with Crippen molar-refractivity contribution in [2.24, 2.45) is 16.7 Å². The van der Waals surface area contributed by atoms with Gasteiger partial charge in [-0.15, -0.1) is 11.3 Å². The molecule has 0 aromatic carbocycles. The molecule has 0 aliphatic rings. The van der Waals surface area contributed by atoms with Crippen LogP contribution in [-0.2, 0) is 6.42 Å². The lowest BCUT2D eigenvalue weighted by molar-refractivity contribution is 1.12. The molecule has 4 nitrogen and oxygen atoms in total. The van der Waals surface area contributed by atoms with Crippen LogP contribution in [0.5, 0.6) is 0 Å². The normalized spacial score (nSPS) is 11.9. The molecule has 0 amide bonds. The van der Waals surface area contributed by atoms with E-state index in [1.54, 1.807) is 11.3 Å². The molecule has 0 bridgehead atoms. The van der Waals surface area contributed by atoms with Crippen LogP contribution in [0, 0.1) is 6.92 Å². The van der Waals surface area contributed by atoms with Crippen LogP contribution in [0.15, 0.2) is 10.5 Å². The number of amidine groups is 1. The highest BCUT2D eigenvalue weighted by atomic mass is 32.1. The van der Waals surface area contributed by atoms with Crippen LogP contribution in [0.25, 0.3) is 0 Å². The van der Waals surface area contributed by atoms with Crippen molar-refractivity contribution in [1.82, 2.24) is 4.98 Å². The van der Waals surface area contributed by atoms with Gasteiger partial charge in [-0.25, -0.2) is 4.98 Å². The molecule has 1 aromatic rings. The van der Waals surface area contributed by atoms with E-state index in [9.17, 15) is 0 Å². The first kappa shape index (κ1) is 8.00. The lowest BCUT2D eigenvalue weighted by Gasteiger charge is -1.92. The van der Waals surface area contributed by atoms with Crippen molar-refractivity contribution in [3.8, 4) is 0 Å². The molecule has 0 aliphatic carbocycles. The number of nitrogens with two attached hydrogens (primary N) is 2. The maximum atomic E-state index is 5.41. The van der Waals surface area contributed by atoms with Crippen LogP contribution in [0.2, 0.25) is 0 Å². The number of aromatic nitrogens is 1. The molecule has 0 radical (unpaired) electrons. The quantitative estimate of drug-likeness (QED) is 0.288. The van der Waals surface area contributed by atoms with Crippen LogP contribution < -0.4 is 11.6 Å². The van der Waals surface area contributed by atoms with E-state index in [2.05, 4.69) is 10.1 Å². The maximum Gasteiger partial charge on any atom is 0.126 e. The van der Waals surface area contributed by atoms with Gasteiger partial charge in [-0.2, -0.15) is 5.10 Å². The number of hydrogen-bond donors (Lipinski definition) is 2. The predicted molar refractivity (Wildman–Crippen MR) is 46.4 cm³/mol. The Balaban J connectivity index is 2.65. The van der Waals surface area contributed by atoms with Gasteiger partial charge in [0.05, 0.1) is 6.42 Å². The summed E-state index contributed by atoms with van der Waals surface area (Å²) >= 11 is 1.57. The highest BCUT2D eigenvalue weighted by Gasteiger charge is 2.00. The fourth-order valence-electron chi connectivity index (χ4n) is 0.684. The number of thiazole rings is 1. The lowest BCUT2D eigenvalue weighted by atomic mass is 10.4. The summed E-state index contributed by atoms with van der Waals surface area (Å²) in [5, 5.41) is 6.28. The summed E-state index contributed by atoms with van der Waals surface area (Å²) < 4.78 is 0. The molecule has 4 N–H and O–H groups in total. The zero-order valence-corrected chi connectivity index (χ0v) is 7.06. The third-order valence-corrected chi connectivity index (χ3v) is 2.13. The lowest BCUT2D eigenvalue weighted by Crippen LogP contribution is -2.16. The second-order valence-corrected chi connectivity index (χ2v) is 3.12. The van der Waals surface area contributed by atoms with Gasteiger partial charge in [0.1, 0.15) is 10.8 Å². The standard InChI is InChI=1S/C6H10N4S/c1-4-3-11-6(9-4)2-5(7)10-8/h3H,2,8H2,1H3,(H2,7,10). The molecule has 0 saturated carbocycles. The summed E-state index contributed by atoms with van der Waals surface area (Å²) in [6.45, 7) is 1.94. The third-order valence-electron chi connectivity index (χ3n) is 1.16. The van der Waals surface area contributed by atoms with Crippen molar-refractivity contribution in [2.75, 3.05) is 0 Å². The molecule has 0 saturated heterocycles. The van der Waals surface area contributed by atoms with Crippen LogP contribution >= 0.6 is 11.3 Å². The Morgan fingerprint density at radius 3 is 3.00 bits per heavy atom. The molecule has 0 aliphatic heterocycles. The van der Waals surface area contributed by atoms with Crippen molar-refractivity contribution in [2.45, 2.75) is 13.3 Å². The Hall–Kier alpha value is -1.10. The van der Waals surface area contributed by atoms with Gasteiger partial charge in [-0.3, -0.25) is 0 Å². The van der Waals surface area contributed by atoms with Gasteiger partial charge >= 0.3 is 0 Å². The van der Waals surface area contributed by atoms with E-state index in [4.69, 9.17) is 11.6 Å². The smallest absolute Gasteiger partial charge is 0.126 e. The average Bonchev–Trinajstić information content (AvgIpc) is 2.35. The summed E-state index contributed by atoms with van der Waals surface area (Å²) in [6.07, 6.45) is 0.551. The van der Waals surface area contributed by atoms with Crippen molar-refractivity contribution >= 4 is 17.2 Å². The fourth-order valence-corrected chi connectivity index (χ4v) is 1.47. The molecule has 0 unspecified atom stereocenters. The van der Waals surface area contributed by atoms with Crippen LogP contribution in [0.4, 0.5) is 0 Å². The monoisotopic (exact) mass is 170 g/mol. The van der Waals surface area contributed by atoms with E-state index in [1.165, 1.54) is 0 Å². The van der Waals surface area contributed by atoms with Gasteiger partial charge in [0.15, 0.2) is 0 Å². The Kier molecular flexibility index (Phi) is 2.43. The summed E-state index contributed by atoms with van der Waals surface area (Å²) in [5.41, 5.74) is 6.42. The maximum absolute atomic E-state index is 5.41. The molecule has 5 heteroatoms. The van der Waals surface area contributed by atoms with Crippen molar-refractivity contribution in [1.29, 1.82) is 0 Å². The van der Waals surface area contributed by atoms with E-state index in [0.717, 1.165) is 10.7 Å². The largest absolute Gasteiger partial charge is 0.385 e. The minimum absolute atomic E-state index is 0.416. The summed E-state index contributed by atoms with van der Waals surface area (Å²) in [7, 11) is 0. The molecule has 1 aromatic heterocycles. The minimum atomic E-state index is 0.416. The van der Waals surface area contributed by atoms with E-state index in [1.807, 2.05) is 12.3 Å². The third kappa shape index (κ3) is 2.19. The number of hydrogen-bond acceptors (Lipinski definition) is 4. The second kappa shape index (κ2) is 3.34. The average molecular weight is 170 g/mol. The van der Waals surface area contributed by atoms with Gasteiger partial charge < -0.3 is 11.6 Å². The molecule has 60 valence electrons. The first-order valence-electron chi connectivity index (χ1n) is 3.15. The second-order valence-electron chi connectivity index (χ2n) is 2.18. The number of rotatable bonds is 2. The van der Waals surface area contributed by atoms with E-state index in [0.29, 0.717) is 12.3 Å². The first-order valence-corrected chi connectivity index (χ1v) is 4.03. The molecule has 11 heavy (non-hydrogen) atoms. The van der Waals surface area contributed by atoms with Crippen LogP contribution in [-0.4, -0.2) is 10.8 Å². The van der Waals surface area contributed by atoms with Gasteiger partial charge in [-0.05, 0) is 6.92 Å². The fraction of sp³-hybridized carbons (Fsp3) is 0.333. The SMILES string of the molecule is Cc1csc(CC(N)=NN)n1. The van der Waals surface area contributed by atoms with Gasteiger partial charge in [-0.1, -0.05) is 0 Å². The van der Waals surface area contributed by atoms with Crippen LogP contribution in [0.1, 0.15) is 10.7 Å². The number of aryl methyl sites for hydroxylation is 1. The van der Waals surface area contributed by atoms with Gasteiger partial charge in [0.2, 0.25) is 0 Å². The zero-order chi connectivity index (χ0) is 8.27. The van der Waals surface area contributed by atoms with Crippen LogP contribution in [0.3, 0.4) is 0 Å². The molecule has 0 fully saturated rings. The number of hydrazone groups is 1. The van der Waals surface area contributed by atoms with Gasteiger partial charge in [0.25, 0.3) is 0 Å². The highest BCUT2D eigenvalue weighted by molar-refractivity contribution is 7.09. The Morgan fingerprint density at radius 1 is 1.82 bits per heavy atom. The first-order chi connectivity index (χ1) is 5.22. The van der Waals surface area contributed by atoms with E-state index >= 15 is 0 Å². The molecular formula is C6H10N4S. The van der Waals surface area contributed by atoms with Crippen molar-refractivity contribution < 1.29 is 0 Å². The van der Waals surface area contributed by atoms with Crippen molar-refractivity contribution in [3.63, 3.8) is 0 Å². The Bertz CT molecular complexity index is 265. The Morgan fingerprint density at radius 2 is 2.55 bits per heavy atom. The number of nitrogens with zero attached hydrogens (tertiary/aromatic N) is 2. The summed E-state index contributed by atoms with van der Waals surface area (Å²) in [4.78, 5) is 4.20. The van der Waals surface area contributed by atoms with Crippen molar-refractivity contribution in [3.05, 3.63) is 16.1 Å². The summed E-state index contributed by atoms with van der Waals surface area (Å²) in [6, 6.07) is 0. The Labute approximate surface area is 68.9 Å².